The van der Waals surface area contributed by atoms with Crippen molar-refractivity contribution in [2.24, 2.45) is 0 Å². The fraction of sp³-hybridized carbons (Fsp3) is 0.286. The van der Waals surface area contributed by atoms with Crippen LogP contribution in [0.4, 0.5) is 0 Å². The molecule has 1 atom stereocenters. The Balaban J connectivity index is 1.86. The van der Waals surface area contributed by atoms with Crippen LogP contribution in [0.1, 0.15) is 30.2 Å². The summed E-state index contributed by atoms with van der Waals surface area (Å²) in [4.78, 5) is 0.274. The molecule has 0 spiro atoms. The molecular formula is C14H14BrNO3S. The van der Waals surface area contributed by atoms with E-state index >= 15 is 0 Å². The summed E-state index contributed by atoms with van der Waals surface area (Å²) in [6.07, 6.45) is 4.21. The molecule has 1 aromatic heterocycles. The van der Waals surface area contributed by atoms with Gasteiger partial charge in [-0.2, -0.15) is 0 Å². The van der Waals surface area contributed by atoms with E-state index in [0.717, 1.165) is 35.1 Å². The molecule has 0 aliphatic heterocycles. The van der Waals surface area contributed by atoms with Crippen LogP contribution >= 0.6 is 15.9 Å². The van der Waals surface area contributed by atoms with E-state index in [0.29, 0.717) is 0 Å². The molecule has 3 rings (SSSR count). The van der Waals surface area contributed by atoms with E-state index in [1.807, 2.05) is 6.07 Å². The number of halogens is 1. The molecule has 20 heavy (non-hydrogen) atoms. The lowest BCUT2D eigenvalue weighted by molar-refractivity contribution is 0.438. The van der Waals surface area contributed by atoms with Gasteiger partial charge in [0, 0.05) is 16.5 Å². The highest BCUT2D eigenvalue weighted by Gasteiger charge is 2.27. The second-order valence-corrected chi connectivity index (χ2v) is 7.45. The Morgan fingerprint density at radius 1 is 1.20 bits per heavy atom. The van der Waals surface area contributed by atoms with Crippen molar-refractivity contribution < 1.29 is 12.8 Å². The third kappa shape index (κ3) is 2.68. The molecule has 1 aromatic carbocycles. The van der Waals surface area contributed by atoms with E-state index in [9.17, 15) is 8.42 Å². The Bertz CT molecular complexity index is 706. The molecular weight excluding hydrogens is 342 g/mol. The van der Waals surface area contributed by atoms with Crippen LogP contribution < -0.4 is 4.72 Å². The zero-order valence-electron chi connectivity index (χ0n) is 10.7. The van der Waals surface area contributed by atoms with Gasteiger partial charge in [-0.3, -0.25) is 0 Å². The number of fused-ring (bicyclic) bond motifs is 1. The Morgan fingerprint density at radius 2 is 1.95 bits per heavy atom. The van der Waals surface area contributed by atoms with Crippen molar-refractivity contribution in [3.05, 3.63) is 52.4 Å². The molecule has 6 heteroatoms. The maximum atomic E-state index is 12.4. The van der Waals surface area contributed by atoms with Gasteiger partial charge >= 0.3 is 0 Å². The SMILES string of the molecule is O=S(=O)(NC1CCCc2occc21)c1ccc(Br)cc1. The molecule has 1 unspecified atom stereocenters. The number of sulfonamides is 1. The van der Waals surface area contributed by atoms with Crippen molar-refractivity contribution in [1.29, 1.82) is 0 Å². The van der Waals surface area contributed by atoms with Crippen LogP contribution in [-0.4, -0.2) is 8.42 Å². The summed E-state index contributed by atoms with van der Waals surface area (Å²) in [7, 11) is -3.51. The van der Waals surface area contributed by atoms with Crippen molar-refractivity contribution in [1.82, 2.24) is 4.72 Å². The molecule has 0 saturated heterocycles. The first-order chi connectivity index (χ1) is 9.56. The molecule has 0 fully saturated rings. The molecule has 1 heterocycles. The molecule has 1 N–H and O–H groups in total. The van der Waals surface area contributed by atoms with Crippen LogP contribution in [0.25, 0.3) is 0 Å². The predicted octanol–water partition coefficient (Wildman–Crippen LogP) is 3.40. The van der Waals surface area contributed by atoms with Gasteiger partial charge in [-0.25, -0.2) is 13.1 Å². The summed E-state index contributed by atoms with van der Waals surface area (Å²) < 4.78 is 33.8. The van der Waals surface area contributed by atoms with Gasteiger partial charge in [0.15, 0.2) is 0 Å². The maximum absolute atomic E-state index is 12.4. The molecule has 4 nitrogen and oxygen atoms in total. The number of rotatable bonds is 3. The Labute approximate surface area is 126 Å². The Morgan fingerprint density at radius 3 is 2.70 bits per heavy atom. The van der Waals surface area contributed by atoms with Crippen LogP contribution in [0.15, 0.2) is 50.4 Å². The smallest absolute Gasteiger partial charge is 0.241 e. The van der Waals surface area contributed by atoms with Crippen molar-refractivity contribution in [3.63, 3.8) is 0 Å². The summed E-state index contributed by atoms with van der Waals surface area (Å²) in [5, 5.41) is 0. The zero-order valence-corrected chi connectivity index (χ0v) is 13.1. The average molecular weight is 356 g/mol. The number of hydrogen-bond acceptors (Lipinski definition) is 3. The van der Waals surface area contributed by atoms with Gasteiger partial charge in [-0.1, -0.05) is 15.9 Å². The summed E-state index contributed by atoms with van der Waals surface area (Å²) in [5.41, 5.74) is 0.955. The fourth-order valence-corrected chi connectivity index (χ4v) is 3.99. The summed E-state index contributed by atoms with van der Waals surface area (Å²) in [6, 6.07) is 8.27. The molecule has 0 saturated carbocycles. The summed E-state index contributed by atoms with van der Waals surface area (Å²) in [5.74, 6) is 0.889. The van der Waals surface area contributed by atoms with Gasteiger partial charge in [-0.05, 0) is 43.2 Å². The molecule has 2 aromatic rings. The van der Waals surface area contributed by atoms with Crippen molar-refractivity contribution >= 4 is 26.0 Å². The van der Waals surface area contributed by atoms with E-state index in [2.05, 4.69) is 20.7 Å². The summed E-state index contributed by atoms with van der Waals surface area (Å²) in [6.45, 7) is 0. The first-order valence-electron chi connectivity index (χ1n) is 6.40. The lowest BCUT2D eigenvalue weighted by Gasteiger charge is -2.22. The van der Waals surface area contributed by atoms with Gasteiger partial charge in [0.1, 0.15) is 5.76 Å². The second kappa shape index (κ2) is 5.35. The highest BCUT2D eigenvalue weighted by Crippen LogP contribution is 2.31. The third-order valence-electron chi connectivity index (χ3n) is 3.47. The van der Waals surface area contributed by atoms with Crippen molar-refractivity contribution in [2.75, 3.05) is 0 Å². The lowest BCUT2D eigenvalue weighted by atomic mass is 9.94. The van der Waals surface area contributed by atoms with E-state index in [1.165, 1.54) is 0 Å². The molecule has 106 valence electrons. The average Bonchev–Trinajstić information content (AvgIpc) is 2.88. The van der Waals surface area contributed by atoms with Crippen molar-refractivity contribution in [3.8, 4) is 0 Å². The topological polar surface area (TPSA) is 59.3 Å². The second-order valence-electron chi connectivity index (χ2n) is 4.82. The van der Waals surface area contributed by atoms with E-state index < -0.39 is 10.0 Å². The predicted molar refractivity (Wildman–Crippen MR) is 78.9 cm³/mol. The number of furan rings is 1. The molecule has 0 radical (unpaired) electrons. The van der Waals surface area contributed by atoms with Gasteiger partial charge in [0.25, 0.3) is 0 Å². The van der Waals surface area contributed by atoms with E-state index in [4.69, 9.17) is 4.42 Å². The monoisotopic (exact) mass is 355 g/mol. The minimum absolute atomic E-state index is 0.203. The first kappa shape index (κ1) is 13.9. The van der Waals surface area contributed by atoms with Crippen LogP contribution in [0.3, 0.4) is 0 Å². The number of aryl methyl sites for hydroxylation is 1. The van der Waals surface area contributed by atoms with Crippen LogP contribution in [0.5, 0.6) is 0 Å². The van der Waals surface area contributed by atoms with E-state index in [1.54, 1.807) is 30.5 Å². The fourth-order valence-electron chi connectivity index (χ4n) is 2.48. The maximum Gasteiger partial charge on any atom is 0.241 e. The van der Waals surface area contributed by atoms with Crippen molar-refractivity contribution in [2.45, 2.75) is 30.2 Å². The highest BCUT2D eigenvalue weighted by atomic mass is 79.9. The van der Waals surface area contributed by atoms with Gasteiger partial charge in [-0.15, -0.1) is 0 Å². The van der Waals surface area contributed by atoms with Crippen LogP contribution in [0.2, 0.25) is 0 Å². The van der Waals surface area contributed by atoms with Gasteiger partial charge in [0.05, 0.1) is 17.2 Å². The molecule has 1 aliphatic carbocycles. The molecule has 0 bridgehead atoms. The highest BCUT2D eigenvalue weighted by molar-refractivity contribution is 9.10. The number of benzene rings is 1. The Hall–Kier alpha value is -1.11. The first-order valence-corrected chi connectivity index (χ1v) is 8.68. The molecule has 1 aliphatic rings. The molecule has 0 amide bonds. The van der Waals surface area contributed by atoms with Gasteiger partial charge in [0.2, 0.25) is 10.0 Å². The zero-order chi connectivity index (χ0) is 14.2. The minimum Gasteiger partial charge on any atom is -0.469 e. The Kier molecular flexibility index (Phi) is 3.70. The number of nitrogens with one attached hydrogen (secondary N) is 1. The number of hydrogen-bond donors (Lipinski definition) is 1. The van der Waals surface area contributed by atoms with Crippen LogP contribution in [-0.2, 0) is 16.4 Å². The standard InChI is InChI=1S/C14H14BrNO3S/c15-10-4-6-11(7-5-10)20(17,18)16-13-2-1-3-14-12(13)8-9-19-14/h4-9,13,16H,1-3H2. The van der Waals surface area contributed by atoms with Crippen LogP contribution in [0, 0.1) is 0 Å². The lowest BCUT2D eigenvalue weighted by Crippen LogP contribution is -2.30. The van der Waals surface area contributed by atoms with Gasteiger partial charge < -0.3 is 4.42 Å². The largest absolute Gasteiger partial charge is 0.469 e. The minimum atomic E-state index is -3.51. The van der Waals surface area contributed by atoms with E-state index in [-0.39, 0.29) is 10.9 Å². The third-order valence-corrected chi connectivity index (χ3v) is 5.49. The normalized spacial score (nSPS) is 18.8. The summed E-state index contributed by atoms with van der Waals surface area (Å²) >= 11 is 3.30. The quantitative estimate of drug-likeness (QED) is 0.917.